The molecule has 0 aromatic heterocycles. The number of hydrogen-bond acceptors (Lipinski definition) is 5. The van der Waals surface area contributed by atoms with Crippen LogP contribution in [0.15, 0.2) is 0 Å². The Balaban J connectivity index is 2.62. The quantitative estimate of drug-likeness (QED) is 0.406. The highest BCUT2D eigenvalue weighted by atomic mass is 31.2. The average Bonchev–Trinajstić information content (AvgIpc) is 2.24. The topological polar surface area (TPSA) is 127 Å². The molecule has 8 heteroatoms. The third kappa shape index (κ3) is 3.99. The normalized spacial score (nSPS) is 39.3. The molecule has 1 heterocycles. The van der Waals surface area contributed by atoms with Gasteiger partial charge in [-0.25, -0.2) is 0 Å². The summed E-state index contributed by atoms with van der Waals surface area (Å²) in [4.78, 5) is 17.5. The van der Waals surface area contributed by atoms with Gasteiger partial charge in [0, 0.05) is 0 Å². The van der Waals surface area contributed by atoms with E-state index >= 15 is 0 Å². The Morgan fingerprint density at radius 1 is 1.06 bits per heavy atom. The molecule has 0 unspecified atom stereocenters. The molecule has 0 amide bonds. The predicted molar refractivity (Wildman–Crippen MR) is 58.5 cm³/mol. The van der Waals surface area contributed by atoms with Crippen molar-refractivity contribution in [2.75, 3.05) is 6.16 Å². The van der Waals surface area contributed by atoms with Gasteiger partial charge in [-0.3, -0.25) is 4.57 Å². The van der Waals surface area contributed by atoms with Gasteiger partial charge >= 0.3 is 7.60 Å². The van der Waals surface area contributed by atoms with Crippen LogP contribution in [0.25, 0.3) is 0 Å². The zero-order valence-electron chi connectivity index (χ0n) is 9.51. The Kier molecular flexibility index (Phi) is 5.09. The standard InChI is InChI=1S/C9H19O7P/c1-2-5-7(10)9(12)8(11)6(16-5)3-4-17(13,14)15/h5-12H,2-4H2,1H3,(H2,13,14,15)/t5-,6-,7-,8-,9-/m1/s1. The van der Waals surface area contributed by atoms with Gasteiger partial charge < -0.3 is 29.8 Å². The zero-order valence-corrected chi connectivity index (χ0v) is 10.4. The van der Waals surface area contributed by atoms with Gasteiger partial charge in [0.05, 0.1) is 18.4 Å². The summed E-state index contributed by atoms with van der Waals surface area (Å²) in [5, 5.41) is 28.8. The van der Waals surface area contributed by atoms with Gasteiger partial charge in [0.15, 0.2) is 0 Å². The fraction of sp³-hybridized carbons (Fsp3) is 1.00. The number of aliphatic hydroxyl groups is 3. The van der Waals surface area contributed by atoms with Crippen LogP contribution in [-0.2, 0) is 9.30 Å². The lowest BCUT2D eigenvalue weighted by Gasteiger charge is -2.40. The third-order valence-electron chi connectivity index (χ3n) is 2.92. The van der Waals surface area contributed by atoms with Crippen molar-refractivity contribution in [3.05, 3.63) is 0 Å². The summed E-state index contributed by atoms with van der Waals surface area (Å²) in [5.41, 5.74) is 0. The molecule has 102 valence electrons. The van der Waals surface area contributed by atoms with E-state index in [0.717, 1.165) is 0 Å². The second-order valence-corrected chi connectivity index (χ2v) is 6.05. The fourth-order valence-corrected chi connectivity index (χ4v) is 2.49. The monoisotopic (exact) mass is 270 g/mol. The lowest BCUT2D eigenvalue weighted by atomic mass is 9.93. The Bertz CT molecular complexity index is 289. The molecule has 0 saturated carbocycles. The Hall–Kier alpha value is -0.0100. The van der Waals surface area contributed by atoms with Crippen LogP contribution in [0.4, 0.5) is 0 Å². The van der Waals surface area contributed by atoms with Crippen molar-refractivity contribution >= 4 is 7.60 Å². The van der Waals surface area contributed by atoms with Gasteiger partial charge in [0.25, 0.3) is 0 Å². The molecule has 5 N–H and O–H groups in total. The van der Waals surface area contributed by atoms with Crippen molar-refractivity contribution in [3.63, 3.8) is 0 Å². The maximum Gasteiger partial charge on any atom is 0.325 e. The van der Waals surface area contributed by atoms with E-state index in [4.69, 9.17) is 14.5 Å². The molecule has 5 atom stereocenters. The average molecular weight is 270 g/mol. The van der Waals surface area contributed by atoms with Crippen molar-refractivity contribution < 1.29 is 34.4 Å². The van der Waals surface area contributed by atoms with Gasteiger partial charge in [0.1, 0.15) is 18.3 Å². The first-order chi connectivity index (χ1) is 7.76. The molecule has 0 radical (unpaired) electrons. The van der Waals surface area contributed by atoms with Crippen LogP contribution < -0.4 is 0 Å². The highest BCUT2D eigenvalue weighted by Gasteiger charge is 2.42. The van der Waals surface area contributed by atoms with Crippen LogP contribution in [0.3, 0.4) is 0 Å². The maximum absolute atomic E-state index is 10.7. The molecule has 1 rings (SSSR count). The molecule has 1 aliphatic heterocycles. The van der Waals surface area contributed by atoms with Crippen molar-refractivity contribution in [2.45, 2.75) is 50.3 Å². The zero-order chi connectivity index (χ0) is 13.2. The van der Waals surface area contributed by atoms with E-state index < -0.39 is 44.3 Å². The molecule has 1 saturated heterocycles. The molecule has 0 aliphatic carbocycles. The third-order valence-corrected chi connectivity index (χ3v) is 3.76. The Morgan fingerprint density at radius 2 is 1.59 bits per heavy atom. The molecule has 0 aromatic rings. The minimum absolute atomic E-state index is 0.0638. The first-order valence-electron chi connectivity index (χ1n) is 5.50. The molecule has 0 aromatic carbocycles. The molecule has 1 fully saturated rings. The molecule has 17 heavy (non-hydrogen) atoms. The van der Waals surface area contributed by atoms with Crippen LogP contribution in [0.5, 0.6) is 0 Å². The fourth-order valence-electron chi connectivity index (χ4n) is 1.90. The van der Waals surface area contributed by atoms with Crippen molar-refractivity contribution in [1.82, 2.24) is 0 Å². The predicted octanol–water partition coefficient (Wildman–Crippen LogP) is -1.19. The summed E-state index contributed by atoms with van der Waals surface area (Å²) >= 11 is 0. The van der Waals surface area contributed by atoms with E-state index in [2.05, 4.69) is 0 Å². The van der Waals surface area contributed by atoms with Crippen LogP contribution in [0.2, 0.25) is 0 Å². The number of rotatable bonds is 4. The number of aliphatic hydroxyl groups excluding tert-OH is 3. The molecule has 0 bridgehead atoms. The van der Waals surface area contributed by atoms with Crippen LogP contribution in [0.1, 0.15) is 19.8 Å². The van der Waals surface area contributed by atoms with Crippen molar-refractivity contribution in [3.8, 4) is 0 Å². The summed E-state index contributed by atoms with van der Waals surface area (Å²) in [6.45, 7) is 1.75. The summed E-state index contributed by atoms with van der Waals surface area (Å²) in [5.74, 6) is 0. The first kappa shape index (κ1) is 15.0. The van der Waals surface area contributed by atoms with Crippen LogP contribution >= 0.6 is 7.60 Å². The van der Waals surface area contributed by atoms with Crippen LogP contribution in [0, 0.1) is 0 Å². The summed E-state index contributed by atoms with van der Waals surface area (Å²) in [7, 11) is -4.16. The van der Waals surface area contributed by atoms with E-state index in [9.17, 15) is 19.9 Å². The summed E-state index contributed by atoms with van der Waals surface area (Å²) in [6, 6.07) is 0. The SMILES string of the molecule is CC[C@H]1O[C@H](CCP(=O)(O)O)[C@@H](O)[C@H](O)[C@@H]1O. The molecule has 0 spiro atoms. The minimum Gasteiger partial charge on any atom is -0.388 e. The highest BCUT2D eigenvalue weighted by molar-refractivity contribution is 7.51. The van der Waals surface area contributed by atoms with E-state index in [1.165, 1.54) is 0 Å². The number of hydrogen-bond donors (Lipinski definition) is 5. The van der Waals surface area contributed by atoms with Crippen LogP contribution in [-0.4, -0.2) is 61.8 Å². The largest absolute Gasteiger partial charge is 0.388 e. The lowest BCUT2D eigenvalue weighted by molar-refractivity contribution is -0.222. The molecular weight excluding hydrogens is 251 g/mol. The van der Waals surface area contributed by atoms with Gasteiger partial charge in [-0.1, -0.05) is 6.92 Å². The Morgan fingerprint density at radius 3 is 2.06 bits per heavy atom. The highest BCUT2D eigenvalue weighted by Crippen LogP contribution is 2.37. The Labute approximate surface area is 99.2 Å². The molecule has 7 nitrogen and oxygen atoms in total. The maximum atomic E-state index is 10.7. The van der Waals surface area contributed by atoms with Gasteiger partial charge in [0.2, 0.25) is 0 Å². The van der Waals surface area contributed by atoms with Gasteiger partial charge in [-0.2, -0.15) is 0 Å². The van der Waals surface area contributed by atoms with E-state index in [-0.39, 0.29) is 6.42 Å². The number of ether oxygens (including phenoxy) is 1. The van der Waals surface area contributed by atoms with E-state index in [1.54, 1.807) is 6.92 Å². The van der Waals surface area contributed by atoms with Crippen molar-refractivity contribution in [2.24, 2.45) is 0 Å². The van der Waals surface area contributed by atoms with Gasteiger partial charge in [-0.05, 0) is 12.8 Å². The lowest BCUT2D eigenvalue weighted by Crippen LogP contribution is -2.57. The molecule has 1 aliphatic rings. The summed E-state index contributed by atoms with van der Waals surface area (Å²) < 4.78 is 16.0. The second kappa shape index (κ2) is 5.75. The smallest absolute Gasteiger partial charge is 0.325 e. The van der Waals surface area contributed by atoms with Gasteiger partial charge in [-0.15, -0.1) is 0 Å². The molecular formula is C9H19O7P. The summed E-state index contributed by atoms with van der Waals surface area (Å²) in [6.07, 6.45) is -5.41. The minimum atomic E-state index is -4.16. The second-order valence-electron chi connectivity index (χ2n) is 4.27. The van der Waals surface area contributed by atoms with E-state index in [0.29, 0.717) is 6.42 Å². The van der Waals surface area contributed by atoms with Crippen molar-refractivity contribution in [1.29, 1.82) is 0 Å². The van der Waals surface area contributed by atoms with E-state index in [1.807, 2.05) is 0 Å². The first-order valence-corrected chi connectivity index (χ1v) is 7.30.